The van der Waals surface area contributed by atoms with Gasteiger partial charge in [0.2, 0.25) is 0 Å². The van der Waals surface area contributed by atoms with Crippen molar-refractivity contribution in [3.05, 3.63) is 55.1 Å². The molecule has 1 aromatic carbocycles. The van der Waals surface area contributed by atoms with E-state index in [0.29, 0.717) is 19.7 Å². The Bertz CT molecular complexity index is 782. The number of benzene rings is 1. The Morgan fingerprint density at radius 2 is 2.00 bits per heavy atom. The molecule has 1 N–H and O–H groups in total. The summed E-state index contributed by atoms with van der Waals surface area (Å²) in [5.41, 5.74) is 0. The van der Waals surface area contributed by atoms with Gasteiger partial charge in [0.25, 0.3) is 0 Å². The lowest BCUT2D eigenvalue weighted by Crippen LogP contribution is -2.53. The van der Waals surface area contributed by atoms with E-state index >= 15 is 0 Å². The third-order valence-electron chi connectivity index (χ3n) is 5.11. The van der Waals surface area contributed by atoms with E-state index in [1.807, 2.05) is 36.4 Å². The minimum absolute atomic E-state index is 0.690. The van der Waals surface area contributed by atoms with Crippen LogP contribution in [-0.4, -0.2) is 82.9 Å². The van der Waals surface area contributed by atoms with Crippen molar-refractivity contribution in [3.63, 3.8) is 0 Å². The number of hydrogen-bond acceptors (Lipinski definition) is 5. The van der Waals surface area contributed by atoms with E-state index in [0.717, 1.165) is 63.2 Å². The van der Waals surface area contributed by atoms with Crippen LogP contribution < -0.4 is 10.1 Å². The summed E-state index contributed by atoms with van der Waals surface area (Å²) in [6.07, 6.45) is 4.52. The Morgan fingerprint density at radius 1 is 1.20 bits per heavy atom. The topological polar surface area (TPSA) is 70.8 Å². The van der Waals surface area contributed by atoms with Crippen LogP contribution in [0.25, 0.3) is 0 Å². The highest BCUT2D eigenvalue weighted by Crippen LogP contribution is 2.09. The summed E-state index contributed by atoms with van der Waals surface area (Å²) < 4.78 is 7.90. The van der Waals surface area contributed by atoms with Gasteiger partial charge in [0, 0.05) is 52.2 Å². The Labute approximate surface area is 179 Å². The van der Waals surface area contributed by atoms with Crippen molar-refractivity contribution in [1.82, 2.24) is 29.9 Å². The quantitative estimate of drug-likeness (QED) is 0.364. The summed E-state index contributed by atoms with van der Waals surface area (Å²) in [6, 6.07) is 9.99. The molecule has 0 atom stereocenters. The number of aliphatic imine (C=N–C) groups is 1. The molecule has 0 saturated carbocycles. The molecule has 2 heterocycles. The molecule has 0 radical (unpaired) electrons. The molecule has 1 aliphatic heterocycles. The van der Waals surface area contributed by atoms with Gasteiger partial charge in [-0.2, -0.15) is 0 Å². The van der Waals surface area contributed by atoms with E-state index in [4.69, 9.17) is 9.73 Å². The average Bonchev–Trinajstić information content (AvgIpc) is 3.25. The number of piperazine rings is 1. The fraction of sp³-hybridized carbons (Fsp3) is 0.500. The second-order valence-electron chi connectivity index (χ2n) is 7.16. The number of aromatic nitrogens is 3. The molecule has 2 aromatic rings. The molecule has 1 aromatic heterocycles. The maximum Gasteiger partial charge on any atom is 0.194 e. The number of para-hydroxylation sites is 1. The summed E-state index contributed by atoms with van der Waals surface area (Å²) in [4.78, 5) is 9.59. The zero-order valence-electron chi connectivity index (χ0n) is 17.9. The first kappa shape index (κ1) is 21.8. The third kappa shape index (κ3) is 6.59. The zero-order chi connectivity index (χ0) is 21.0. The van der Waals surface area contributed by atoms with Crippen LogP contribution in [0, 0.1) is 0 Å². The number of nitrogens with zero attached hydrogens (tertiary/aromatic N) is 6. The molecule has 0 aliphatic carbocycles. The normalized spacial score (nSPS) is 15.2. The lowest BCUT2D eigenvalue weighted by molar-refractivity contribution is 0.152. The van der Waals surface area contributed by atoms with Gasteiger partial charge in [-0.3, -0.25) is 9.89 Å². The van der Waals surface area contributed by atoms with Gasteiger partial charge in [0.05, 0.1) is 6.54 Å². The van der Waals surface area contributed by atoms with Crippen molar-refractivity contribution in [1.29, 1.82) is 0 Å². The fourth-order valence-electron chi connectivity index (χ4n) is 3.43. The van der Waals surface area contributed by atoms with Gasteiger partial charge < -0.3 is 19.5 Å². The van der Waals surface area contributed by atoms with Crippen LogP contribution in [0.3, 0.4) is 0 Å². The molecule has 1 saturated heterocycles. The molecular formula is C22H33N7O. The van der Waals surface area contributed by atoms with Crippen LogP contribution in [0.2, 0.25) is 0 Å². The van der Waals surface area contributed by atoms with Crippen molar-refractivity contribution in [2.75, 3.05) is 52.4 Å². The number of nitrogens with one attached hydrogen (secondary N) is 1. The van der Waals surface area contributed by atoms with E-state index in [1.165, 1.54) is 0 Å². The van der Waals surface area contributed by atoms with Crippen LogP contribution in [0.15, 0.2) is 54.3 Å². The predicted octanol–water partition coefficient (Wildman–Crippen LogP) is 1.67. The highest BCUT2D eigenvalue weighted by molar-refractivity contribution is 5.80. The SMILES string of the molecule is C=CCNC(=NCCn1cnnc1CC)N1CCN(CCOc2ccccc2)CC1. The van der Waals surface area contributed by atoms with E-state index in [2.05, 4.69) is 43.4 Å². The number of rotatable bonds is 10. The first-order valence-electron chi connectivity index (χ1n) is 10.7. The van der Waals surface area contributed by atoms with Crippen molar-refractivity contribution < 1.29 is 4.74 Å². The van der Waals surface area contributed by atoms with E-state index in [1.54, 1.807) is 6.33 Å². The molecule has 0 amide bonds. The van der Waals surface area contributed by atoms with Crippen LogP contribution in [0.5, 0.6) is 5.75 Å². The first-order valence-corrected chi connectivity index (χ1v) is 10.7. The first-order chi connectivity index (χ1) is 14.8. The maximum atomic E-state index is 5.83. The van der Waals surface area contributed by atoms with Gasteiger partial charge >= 0.3 is 0 Å². The number of hydrogen-bond donors (Lipinski definition) is 1. The molecule has 0 bridgehead atoms. The summed E-state index contributed by atoms with van der Waals surface area (Å²) in [6.45, 7) is 13.6. The Hall–Kier alpha value is -2.87. The van der Waals surface area contributed by atoms with Crippen molar-refractivity contribution in [2.45, 2.75) is 19.9 Å². The van der Waals surface area contributed by atoms with Crippen molar-refractivity contribution >= 4 is 5.96 Å². The van der Waals surface area contributed by atoms with Crippen LogP contribution in [0.1, 0.15) is 12.7 Å². The van der Waals surface area contributed by atoms with Gasteiger partial charge in [-0.1, -0.05) is 31.2 Å². The Balaban J connectivity index is 1.45. The van der Waals surface area contributed by atoms with E-state index in [9.17, 15) is 0 Å². The molecule has 30 heavy (non-hydrogen) atoms. The van der Waals surface area contributed by atoms with Crippen molar-refractivity contribution in [2.24, 2.45) is 4.99 Å². The van der Waals surface area contributed by atoms with Gasteiger partial charge in [-0.25, -0.2) is 0 Å². The summed E-state index contributed by atoms with van der Waals surface area (Å²) in [5.74, 6) is 2.87. The highest BCUT2D eigenvalue weighted by atomic mass is 16.5. The van der Waals surface area contributed by atoms with Crippen molar-refractivity contribution in [3.8, 4) is 5.75 Å². The zero-order valence-corrected chi connectivity index (χ0v) is 17.9. The molecule has 162 valence electrons. The van der Waals surface area contributed by atoms with Gasteiger partial charge in [0.15, 0.2) is 5.96 Å². The summed E-state index contributed by atoms with van der Waals surface area (Å²) >= 11 is 0. The molecule has 0 spiro atoms. The number of ether oxygens (including phenoxy) is 1. The molecule has 1 fully saturated rings. The largest absolute Gasteiger partial charge is 0.492 e. The van der Waals surface area contributed by atoms with Gasteiger partial charge in [0.1, 0.15) is 24.5 Å². The summed E-state index contributed by atoms with van der Waals surface area (Å²) in [7, 11) is 0. The number of aryl methyl sites for hydroxylation is 1. The number of guanidine groups is 1. The maximum absolute atomic E-state index is 5.83. The van der Waals surface area contributed by atoms with Gasteiger partial charge in [-0.15, -0.1) is 16.8 Å². The Kier molecular flexibility index (Phi) is 8.71. The van der Waals surface area contributed by atoms with Crippen LogP contribution in [0.4, 0.5) is 0 Å². The standard InChI is InChI=1S/C22H33N7O/c1-3-10-23-22(24-11-12-29-19-25-26-21(29)4-2)28-15-13-27(14-16-28)17-18-30-20-8-6-5-7-9-20/h3,5-9,19H,1,4,10-18H2,2H3,(H,23,24). The monoisotopic (exact) mass is 411 g/mol. The van der Waals surface area contributed by atoms with Gasteiger partial charge in [-0.05, 0) is 12.1 Å². The third-order valence-corrected chi connectivity index (χ3v) is 5.11. The molecule has 3 rings (SSSR count). The molecular weight excluding hydrogens is 378 g/mol. The minimum atomic E-state index is 0.690. The molecule has 0 unspecified atom stereocenters. The second kappa shape index (κ2) is 12.0. The van der Waals surface area contributed by atoms with Crippen LogP contribution >= 0.6 is 0 Å². The molecule has 8 nitrogen and oxygen atoms in total. The lowest BCUT2D eigenvalue weighted by Gasteiger charge is -2.36. The van der Waals surface area contributed by atoms with E-state index in [-0.39, 0.29) is 0 Å². The Morgan fingerprint density at radius 3 is 2.73 bits per heavy atom. The van der Waals surface area contributed by atoms with Crippen LogP contribution in [-0.2, 0) is 13.0 Å². The van der Waals surface area contributed by atoms with E-state index < -0.39 is 0 Å². The lowest BCUT2D eigenvalue weighted by atomic mass is 10.3. The minimum Gasteiger partial charge on any atom is -0.492 e. The highest BCUT2D eigenvalue weighted by Gasteiger charge is 2.19. The average molecular weight is 412 g/mol. The molecule has 8 heteroatoms. The predicted molar refractivity (Wildman–Crippen MR) is 120 cm³/mol. The summed E-state index contributed by atoms with van der Waals surface area (Å²) in [5, 5.41) is 11.5. The molecule has 1 aliphatic rings. The fourth-order valence-corrected chi connectivity index (χ4v) is 3.43. The second-order valence-corrected chi connectivity index (χ2v) is 7.16. The smallest absolute Gasteiger partial charge is 0.194 e.